The molecule has 3 atom stereocenters. The largest absolute Gasteiger partial charge is 0.508 e. The molecule has 0 radical (unpaired) electrons. The van der Waals surface area contributed by atoms with Gasteiger partial charge in [0, 0.05) is 6.04 Å². The Bertz CT molecular complexity index is 456. The summed E-state index contributed by atoms with van der Waals surface area (Å²) in [6.07, 6.45) is 7.37. The highest BCUT2D eigenvalue weighted by Crippen LogP contribution is 2.48. The Morgan fingerprint density at radius 1 is 1.28 bits per heavy atom. The molecule has 1 saturated carbocycles. The van der Waals surface area contributed by atoms with Crippen LogP contribution in [0.15, 0.2) is 18.2 Å². The molecule has 1 aromatic rings. The first-order chi connectivity index (χ1) is 8.60. The number of nitrogens with two attached hydrogens (primary N) is 1. The van der Waals surface area contributed by atoms with Gasteiger partial charge < -0.3 is 10.8 Å². The molecule has 3 rings (SSSR count). The molecule has 3 unspecified atom stereocenters. The van der Waals surface area contributed by atoms with Gasteiger partial charge in [0.15, 0.2) is 0 Å². The number of hydrogen-bond acceptors (Lipinski definition) is 2. The summed E-state index contributed by atoms with van der Waals surface area (Å²) in [4.78, 5) is 0. The molecule has 98 valence electrons. The number of rotatable bonds is 0. The van der Waals surface area contributed by atoms with E-state index in [1.54, 1.807) is 0 Å². The number of benzene rings is 1. The molecule has 2 heteroatoms. The third-order valence-electron chi connectivity index (χ3n) is 5.12. The lowest BCUT2D eigenvalue weighted by Crippen LogP contribution is -2.49. The number of fused-ring (bicyclic) bond motifs is 4. The normalized spacial score (nSPS) is 35.4. The molecule has 1 fully saturated rings. The smallest absolute Gasteiger partial charge is 0.115 e. The van der Waals surface area contributed by atoms with Crippen LogP contribution in [0.25, 0.3) is 0 Å². The quantitative estimate of drug-likeness (QED) is 0.736. The van der Waals surface area contributed by atoms with Gasteiger partial charge in [-0.15, -0.1) is 0 Å². The fourth-order valence-corrected chi connectivity index (χ4v) is 4.00. The van der Waals surface area contributed by atoms with Crippen molar-refractivity contribution in [2.45, 2.75) is 57.4 Å². The van der Waals surface area contributed by atoms with Crippen LogP contribution in [0.1, 0.15) is 56.1 Å². The zero-order valence-corrected chi connectivity index (χ0v) is 11.2. The Morgan fingerprint density at radius 3 is 2.94 bits per heavy atom. The Balaban J connectivity index is 2.08. The van der Waals surface area contributed by atoms with E-state index in [1.165, 1.54) is 43.2 Å². The van der Waals surface area contributed by atoms with E-state index in [9.17, 15) is 5.11 Å². The fourth-order valence-electron chi connectivity index (χ4n) is 4.00. The molecule has 0 aromatic heterocycles. The molecule has 0 amide bonds. The van der Waals surface area contributed by atoms with E-state index in [4.69, 9.17) is 5.73 Å². The molecular weight excluding hydrogens is 222 g/mol. The first kappa shape index (κ1) is 12.0. The van der Waals surface area contributed by atoms with Crippen LogP contribution in [0.5, 0.6) is 5.75 Å². The van der Waals surface area contributed by atoms with E-state index >= 15 is 0 Å². The summed E-state index contributed by atoms with van der Waals surface area (Å²) in [6.45, 7) is 2.34. The van der Waals surface area contributed by atoms with Gasteiger partial charge in [0.2, 0.25) is 0 Å². The van der Waals surface area contributed by atoms with Gasteiger partial charge in [0.25, 0.3) is 0 Å². The first-order valence-electron chi connectivity index (χ1n) is 7.17. The zero-order valence-electron chi connectivity index (χ0n) is 11.2. The van der Waals surface area contributed by atoms with Crippen molar-refractivity contribution in [2.75, 3.05) is 0 Å². The molecular formula is C16H23NO. The summed E-state index contributed by atoms with van der Waals surface area (Å²) >= 11 is 0. The average molecular weight is 245 g/mol. The van der Waals surface area contributed by atoms with Crippen LogP contribution in [0.4, 0.5) is 0 Å². The minimum atomic E-state index is 0.214. The minimum absolute atomic E-state index is 0.214. The Labute approximate surface area is 109 Å². The third kappa shape index (κ3) is 1.83. The lowest BCUT2D eigenvalue weighted by Gasteiger charge is -2.47. The van der Waals surface area contributed by atoms with Crippen LogP contribution in [-0.2, 0) is 6.42 Å². The number of hydrogen-bond donors (Lipinski definition) is 2. The van der Waals surface area contributed by atoms with Gasteiger partial charge in [-0.3, -0.25) is 0 Å². The zero-order chi connectivity index (χ0) is 12.8. The average Bonchev–Trinajstić information content (AvgIpc) is 2.33. The van der Waals surface area contributed by atoms with Crippen LogP contribution in [0, 0.1) is 5.41 Å². The maximum atomic E-state index is 9.70. The predicted molar refractivity (Wildman–Crippen MR) is 73.7 cm³/mol. The highest BCUT2D eigenvalue weighted by atomic mass is 16.3. The number of phenolic OH excluding ortho intramolecular Hbond substituents is 1. The van der Waals surface area contributed by atoms with Gasteiger partial charge >= 0.3 is 0 Å². The van der Waals surface area contributed by atoms with Gasteiger partial charge in [-0.2, -0.15) is 0 Å². The molecule has 0 heterocycles. The van der Waals surface area contributed by atoms with E-state index in [2.05, 4.69) is 13.0 Å². The monoisotopic (exact) mass is 245 g/mol. The van der Waals surface area contributed by atoms with E-state index in [-0.39, 0.29) is 11.5 Å². The third-order valence-corrected chi connectivity index (χ3v) is 5.12. The molecule has 18 heavy (non-hydrogen) atoms. The number of aromatic hydroxyl groups is 1. The molecule has 0 spiro atoms. The molecule has 2 aliphatic carbocycles. The second-order valence-corrected chi connectivity index (χ2v) is 6.45. The topological polar surface area (TPSA) is 46.2 Å². The van der Waals surface area contributed by atoms with Gasteiger partial charge in [0.05, 0.1) is 0 Å². The summed E-state index contributed by atoms with van der Waals surface area (Å²) in [5.41, 5.74) is 9.51. The molecule has 0 aliphatic heterocycles. The highest BCUT2D eigenvalue weighted by Gasteiger charge is 2.42. The van der Waals surface area contributed by atoms with Crippen LogP contribution in [0.2, 0.25) is 0 Å². The summed E-state index contributed by atoms with van der Waals surface area (Å²) in [5.74, 6) is 0.877. The second kappa shape index (κ2) is 4.27. The highest BCUT2D eigenvalue weighted by molar-refractivity contribution is 5.41. The van der Waals surface area contributed by atoms with Gasteiger partial charge in [-0.1, -0.05) is 32.3 Å². The maximum absolute atomic E-state index is 9.70. The van der Waals surface area contributed by atoms with E-state index < -0.39 is 0 Å². The van der Waals surface area contributed by atoms with Gasteiger partial charge in [0.1, 0.15) is 5.75 Å². The molecule has 2 aliphatic rings. The molecule has 1 aromatic carbocycles. The molecule has 2 nitrogen and oxygen atoms in total. The SMILES string of the molecule is CC12CCCCCC(c3ccc(O)cc3C1)C2N. The van der Waals surface area contributed by atoms with Gasteiger partial charge in [-0.25, -0.2) is 0 Å². The first-order valence-corrected chi connectivity index (χ1v) is 7.17. The van der Waals surface area contributed by atoms with Crippen LogP contribution >= 0.6 is 0 Å². The summed E-state index contributed by atoms with van der Waals surface area (Å²) in [7, 11) is 0. The van der Waals surface area contributed by atoms with Crippen LogP contribution in [-0.4, -0.2) is 11.1 Å². The van der Waals surface area contributed by atoms with Crippen molar-refractivity contribution in [3.63, 3.8) is 0 Å². The number of phenols is 1. The van der Waals surface area contributed by atoms with Crippen molar-refractivity contribution in [3.8, 4) is 5.75 Å². The van der Waals surface area contributed by atoms with E-state index in [1.807, 2.05) is 12.1 Å². The minimum Gasteiger partial charge on any atom is -0.508 e. The predicted octanol–water partition coefficient (Wildman–Crippen LogP) is 3.33. The van der Waals surface area contributed by atoms with Crippen LogP contribution < -0.4 is 5.73 Å². The standard InChI is InChI=1S/C16H23NO/c1-16-8-4-2-3-5-14(15(16)17)13-7-6-12(18)9-11(13)10-16/h6-7,9,14-15,18H,2-5,8,10,17H2,1H3. The summed E-state index contributed by atoms with van der Waals surface area (Å²) in [5, 5.41) is 9.70. The van der Waals surface area contributed by atoms with E-state index in [0.29, 0.717) is 11.7 Å². The summed E-state index contributed by atoms with van der Waals surface area (Å²) < 4.78 is 0. The lowest BCUT2D eigenvalue weighted by molar-refractivity contribution is 0.162. The van der Waals surface area contributed by atoms with Crippen molar-refractivity contribution < 1.29 is 5.11 Å². The molecule has 2 bridgehead atoms. The van der Waals surface area contributed by atoms with Crippen molar-refractivity contribution in [1.29, 1.82) is 0 Å². The van der Waals surface area contributed by atoms with E-state index in [0.717, 1.165) is 6.42 Å². The molecule has 0 saturated heterocycles. The van der Waals surface area contributed by atoms with Gasteiger partial charge in [-0.05, 0) is 53.9 Å². The lowest BCUT2D eigenvalue weighted by atomic mass is 9.60. The Morgan fingerprint density at radius 2 is 2.11 bits per heavy atom. The fraction of sp³-hybridized carbons (Fsp3) is 0.625. The van der Waals surface area contributed by atoms with Crippen molar-refractivity contribution >= 4 is 0 Å². The maximum Gasteiger partial charge on any atom is 0.115 e. The second-order valence-electron chi connectivity index (χ2n) is 6.45. The van der Waals surface area contributed by atoms with Crippen molar-refractivity contribution in [1.82, 2.24) is 0 Å². The molecule has 3 N–H and O–H groups in total. The van der Waals surface area contributed by atoms with Crippen LogP contribution in [0.3, 0.4) is 0 Å². The Kier molecular flexibility index (Phi) is 2.86. The Hall–Kier alpha value is -1.02. The van der Waals surface area contributed by atoms with Crippen molar-refractivity contribution in [2.24, 2.45) is 11.1 Å². The van der Waals surface area contributed by atoms with Crippen molar-refractivity contribution in [3.05, 3.63) is 29.3 Å². The summed E-state index contributed by atoms with van der Waals surface area (Å²) in [6, 6.07) is 6.13.